The molecular weight excluding hydrogens is 418 g/mol. The van der Waals surface area contributed by atoms with Crippen molar-refractivity contribution in [1.82, 2.24) is 0 Å². The Morgan fingerprint density at radius 3 is 2.53 bits per heavy atom. The number of hydrogen-bond acceptors (Lipinski definition) is 4. The van der Waals surface area contributed by atoms with Crippen molar-refractivity contribution in [2.24, 2.45) is 0 Å². The molecule has 150 valence electrons. The number of benzene rings is 3. The Hall–Kier alpha value is -3.02. The fourth-order valence-corrected chi connectivity index (χ4v) is 3.99. The van der Waals surface area contributed by atoms with Gasteiger partial charge < -0.3 is 9.73 Å². The second-order valence-electron chi connectivity index (χ2n) is 6.81. The Balaban J connectivity index is 1.49. The predicted octanol–water partition coefficient (Wildman–Crippen LogP) is 6.15. The summed E-state index contributed by atoms with van der Waals surface area (Å²) in [6.45, 7) is 1.90. The third kappa shape index (κ3) is 4.58. The molecule has 0 spiro atoms. The minimum atomic E-state index is -0.382. The van der Waals surface area contributed by atoms with E-state index < -0.39 is 0 Å². The van der Waals surface area contributed by atoms with Gasteiger partial charge in [0.1, 0.15) is 5.58 Å². The van der Waals surface area contributed by atoms with E-state index in [0.717, 1.165) is 21.4 Å². The number of fused-ring (bicyclic) bond motifs is 1. The van der Waals surface area contributed by atoms with Gasteiger partial charge in [-0.3, -0.25) is 4.79 Å². The fraction of sp³-hybridized carbons (Fsp3) is 0.0833. The molecule has 0 unspecified atom stereocenters. The first-order valence-electron chi connectivity index (χ1n) is 9.32. The lowest BCUT2D eigenvalue weighted by molar-refractivity contribution is -0.113. The van der Waals surface area contributed by atoms with Crippen molar-refractivity contribution < 1.29 is 9.21 Å². The van der Waals surface area contributed by atoms with Gasteiger partial charge in [-0.15, -0.1) is 11.8 Å². The van der Waals surface area contributed by atoms with Gasteiger partial charge >= 0.3 is 5.63 Å². The molecule has 4 nitrogen and oxygen atoms in total. The van der Waals surface area contributed by atoms with Crippen LogP contribution in [0.2, 0.25) is 5.02 Å². The molecule has 0 saturated carbocycles. The Morgan fingerprint density at radius 2 is 1.77 bits per heavy atom. The monoisotopic (exact) mass is 435 g/mol. The number of aryl methyl sites for hydroxylation is 1. The number of anilines is 1. The van der Waals surface area contributed by atoms with Crippen LogP contribution in [0.4, 0.5) is 5.69 Å². The van der Waals surface area contributed by atoms with Crippen LogP contribution in [0.25, 0.3) is 22.1 Å². The van der Waals surface area contributed by atoms with Crippen LogP contribution >= 0.6 is 23.4 Å². The van der Waals surface area contributed by atoms with Gasteiger partial charge in [0.25, 0.3) is 0 Å². The Bertz CT molecular complexity index is 1280. The normalized spacial score (nSPS) is 10.9. The maximum Gasteiger partial charge on any atom is 0.344 e. The number of nitrogens with one attached hydrogen (secondary N) is 1. The number of hydrogen-bond donors (Lipinski definition) is 1. The first kappa shape index (κ1) is 20.3. The number of amides is 1. The minimum absolute atomic E-state index is 0.104. The quantitative estimate of drug-likeness (QED) is 0.301. The summed E-state index contributed by atoms with van der Waals surface area (Å²) in [7, 11) is 0. The summed E-state index contributed by atoms with van der Waals surface area (Å²) >= 11 is 7.32. The molecule has 0 bridgehead atoms. The van der Waals surface area contributed by atoms with Gasteiger partial charge in [-0.05, 0) is 66.6 Å². The molecule has 6 heteroatoms. The first-order chi connectivity index (χ1) is 14.5. The third-order valence-corrected chi connectivity index (χ3v) is 5.89. The molecule has 0 radical (unpaired) electrons. The van der Waals surface area contributed by atoms with Crippen LogP contribution in [0.15, 0.2) is 86.9 Å². The van der Waals surface area contributed by atoms with Gasteiger partial charge in [0, 0.05) is 21.0 Å². The van der Waals surface area contributed by atoms with E-state index >= 15 is 0 Å². The van der Waals surface area contributed by atoms with E-state index in [1.54, 1.807) is 24.3 Å². The highest BCUT2D eigenvalue weighted by Crippen LogP contribution is 2.27. The zero-order valence-electron chi connectivity index (χ0n) is 16.1. The van der Waals surface area contributed by atoms with E-state index in [-0.39, 0.29) is 17.3 Å². The second-order valence-corrected chi connectivity index (χ2v) is 8.29. The number of rotatable bonds is 5. The number of thioether (sulfide) groups is 1. The molecular formula is C24H18ClNO3S. The van der Waals surface area contributed by atoms with Crippen LogP contribution in [-0.4, -0.2) is 11.7 Å². The summed E-state index contributed by atoms with van der Waals surface area (Å²) in [5.41, 5.74) is 3.02. The summed E-state index contributed by atoms with van der Waals surface area (Å²) in [5.74, 6) is 0.184. The maximum atomic E-state index is 12.4. The molecule has 1 heterocycles. The number of halogens is 1. The van der Waals surface area contributed by atoms with Crippen LogP contribution < -0.4 is 10.9 Å². The predicted molar refractivity (Wildman–Crippen MR) is 123 cm³/mol. The van der Waals surface area contributed by atoms with E-state index in [4.69, 9.17) is 16.0 Å². The summed E-state index contributed by atoms with van der Waals surface area (Å²) < 4.78 is 5.44. The Morgan fingerprint density at radius 1 is 1.00 bits per heavy atom. The summed E-state index contributed by atoms with van der Waals surface area (Å²) in [4.78, 5) is 25.7. The number of carbonyl (C=O) groups excluding carboxylic acids is 1. The topological polar surface area (TPSA) is 59.3 Å². The minimum Gasteiger partial charge on any atom is -0.422 e. The molecule has 0 atom stereocenters. The van der Waals surface area contributed by atoms with Gasteiger partial charge in [-0.2, -0.15) is 0 Å². The van der Waals surface area contributed by atoms with Crippen molar-refractivity contribution in [3.63, 3.8) is 0 Å². The third-order valence-electron chi connectivity index (χ3n) is 4.63. The molecule has 4 rings (SSSR count). The maximum absolute atomic E-state index is 12.4. The number of para-hydroxylation sites is 1. The van der Waals surface area contributed by atoms with Crippen molar-refractivity contribution in [3.05, 3.63) is 93.8 Å². The lowest BCUT2D eigenvalue weighted by Crippen LogP contribution is -2.14. The molecule has 0 saturated heterocycles. The van der Waals surface area contributed by atoms with Crippen molar-refractivity contribution >= 4 is 45.9 Å². The molecule has 0 aliphatic heterocycles. The smallest absolute Gasteiger partial charge is 0.344 e. The van der Waals surface area contributed by atoms with E-state index in [0.29, 0.717) is 21.9 Å². The highest BCUT2D eigenvalue weighted by Gasteiger charge is 2.11. The molecule has 1 N–H and O–H groups in total. The highest BCUT2D eigenvalue weighted by molar-refractivity contribution is 8.00. The van der Waals surface area contributed by atoms with Gasteiger partial charge in [0.15, 0.2) is 0 Å². The highest BCUT2D eigenvalue weighted by atomic mass is 35.5. The SMILES string of the molecule is Cc1cc(NC(=O)CSc2ccc(Cl)cc2)ccc1-c1cc2ccccc2oc1=O. The van der Waals surface area contributed by atoms with E-state index in [9.17, 15) is 9.59 Å². The van der Waals surface area contributed by atoms with Crippen molar-refractivity contribution in [2.45, 2.75) is 11.8 Å². The largest absolute Gasteiger partial charge is 0.422 e. The Kier molecular flexibility index (Phi) is 5.93. The zero-order chi connectivity index (χ0) is 21.1. The second kappa shape index (κ2) is 8.78. The van der Waals surface area contributed by atoms with Gasteiger partial charge in [0.2, 0.25) is 5.91 Å². The molecule has 4 aromatic rings. The summed E-state index contributed by atoms with van der Waals surface area (Å²) in [6, 6.07) is 22.1. The van der Waals surface area contributed by atoms with Gasteiger partial charge in [0.05, 0.1) is 11.3 Å². The molecule has 3 aromatic carbocycles. The van der Waals surface area contributed by atoms with Gasteiger partial charge in [-0.25, -0.2) is 4.79 Å². The van der Waals surface area contributed by atoms with E-state index in [2.05, 4.69) is 5.32 Å². The van der Waals surface area contributed by atoms with Crippen LogP contribution in [0.5, 0.6) is 0 Å². The van der Waals surface area contributed by atoms with Crippen molar-refractivity contribution in [2.75, 3.05) is 11.1 Å². The first-order valence-corrected chi connectivity index (χ1v) is 10.7. The molecule has 0 aliphatic carbocycles. The average Bonchev–Trinajstić information content (AvgIpc) is 2.73. The fourth-order valence-electron chi connectivity index (χ4n) is 3.17. The van der Waals surface area contributed by atoms with Crippen LogP contribution in [0.1, 0.15) is 5.56 Å². The Labute approximate surface area is 182 Å². The van der Waals surface area contributed by atoms with Crippen LogP contribution in [0, 0.1) is 6.92 Å². The van der Waals surface area contributed by atoms with Crippen LogP contribution in [-0.2, 0) is 4.79 Å². The van der Waals surface area contributed by atoms with E-state index in [1.165, 1.54) is 11.8 Å². The molecule has 1 aromatic heterocycles. The lowest BCUT2D eigenvalue weighted by Gasteiger charge is -2.10. The van der Waals surface area contributed by atoms with Gasteiger partial charge in [-0.1, -0.05) is 35.9 Å². The van der Waals surface area contributed by atoms with E-state index in [1.807, 2.05) is 55.5 Å². The molecule has 0 aliphatic rings. The van der Waals surface area contributed by atoms with Crippen molar-refractivity contribution in [1.29, 1.82) is 0 Å². The summed E-state index contributed by atoms with van der Waals surface area (Å²) in [5, 5.41) is 4.43. The van der Waals surface area contributed by atoms with Crippen molar-refractivity contribution in [3.8, 4) is 11.1 Å². The molecule has 30 heavy (non-hydrogen) atoms. The number of carbonyl (C=O) groups is 1. The standard InChI is InChI=1S/C24H18ClNO3S/c1-15-12-18(26-23(27)14-30-19-9-6-17(25)7-10-19)8-11-20(15)21-13-16-4-2-3-5-22(16)29-24(21)28/h2-13H,14H2,1H3,(H,26,27). The lowest BCUT2D eigenvalue weighted by atomic mass is 10.0. The summed E-state index contributed by atoms with van der Waals surface area (Å²) in [6.07, 6.45) is 0. The average molecular weight is 436 g/mol. The zero-order valence-corrected chi connectivity index (χ0v) is 17.7. The van der Waals surface area contributed by atoms with Crippen LogP contribution in [0.3, 0.4) is 0 Å². The molecule has 0 fully saturated rings. The molecule has 1 amide bonds.